The molecule has 196 valence electrons. The van der Waals surface area contributed by atoms with E-state index < -0.39 is 36.8 Å². The zero-order valence-corrected chi connectivity index (χ0v) is 21.2. The average Bonchev–Trinajstić information content (AvgIpc) is 3.54. The van der Waals surface area contributed by atoms with Crippen LogP contribution in [-0.4, -0.2) is 70.8 Å². The second kappa shape index (κ2) is 10.3. The molecule has 4 N–H and O–H groups in total. The Bertz CT molecular complexity index is 1050. The molecule has 2 aromatic rings. The van der Waals surface area contributed by atoms with Crippen molar-refractivity contribution in [1.29, 1.82) is 0 Å². The van der Waals surface area contributed by atoms with Gasteiger partial charge >= 0.3 is 0 Å². The molecule has 5 rings (SSSR count). The van der Waals surface area contributed by atoms with Crippen LogP contribution in [0, 0.1) is 0 Å². The Hall–Kier alpha value is -1.55. The van der Waals surface area contributed by atoms with E-state index in [2.05, 4.69) is 24.3 Å². The third-order valence-corrected chi connectivity index (χ3v) is 8.64. The normalized spacial score (nSPS) is 33.9. The highest BCUT2D eigenvalue weighted by Crippen LogP contribution is 2.46. The SMILES string of the molecule is COC1(c2ccc(Cl)c(Cc3ccc(C4COC5(CCCC5)C4)cc3)c2)OC(CO)C(O)C(O)C1O. The van der Waals surface area contributed by atoms with Crippen LogP contribution in [0.4, 0.5) is 0 Å². The van der Waals surface area contributed by atoms with Gasteiger partial charge in [0.15, 0.2) is 0 Å². The number of hydrogen-bond donors (Lipinski definition) is 4. The lowest BCUT2D eigenvalue weighted by molar-refractivity contribution is -0.366. The summed E-state index contributed by atoms with van der Waals surface area (Å²) in [5.41, 5.74) is 3.70. The predicted molar refractivity (Wildman–Crippen MR) is 134 cm³/mol. The number of benzene rings is 2. The summed E-state index contributed by atoms with van der Waals surface area (Å²) in [6.07, 6.45) is 0.788. The topological polar surface area (TPSA) is 109 Å². The third-order valence-electron chi connectivity index (χ3n) is 8.27. The van der Waals surface area contributed by atoms with Crippen LogP contribution < -0.4 is 0 Å². The Morgan fingerprint density at radius 3 is 2.42 bits per heavy atom. The Balaban J connectivity index is 1.35. The Labute approximate surface area is 216 Å². The minimum Gasteiger partial charge on any atom is -0.394 e. The van der Waals surface area contributed by atoms with Crippen LogP contribution in [0.5, 0.6) is 0 Å². The van der Waals surface area contributed by atoms with E-state index in [1.165, 1.54) is 38.4 Å². The molecule has 6 unspecified atom stereocenters. The number of methoxy groups -OCH3 is 1. The number of hydrogen-bond acceptors (Lipinski definition) is 7. The molecule has 3 fully saturated rings. The largest absolute Gasteiger partial charge is 0.394 e. The van der Waals surface area contributed by atoms with Gasteiger partial charge in [0.1, 0.15) is 24.4 Å². The van der Waals surface area contributed by atoms with E-state index in [1.807, 2.05) is 0 Å². The minimum absolute atomic E-state index is 0.0962. The molecule has 2 aromatic carbocycles. The van der Waals surface area contributed by atoms with E-state index in [9.17, 15) is 20.4 Å². The van der Waals surface area contributed by atoms with Gasteiger partial charge in [-0.25, -0.2) is 0 Å². The van der Waals surface area contributed by atoms with Gasteiger partial charge in [0, 0.05) is 23.6 Å². The van der Waals surface area contributed by atoms with Crippen LogP contribution in [0.2, 0.25) is 5.02 Å². The quantitative estimate of drug-likeness (QED) is 0.465. The molecule has 0 amide bonds. The van der Waals surface area contributed by atoms with Crippen molar-refractivity contribution in [1.82, 2.24) is 0 Å². The van der Waals surface area contributed by atoms with Gasteiger partial charge in [-0.05, 0) is 54.5 Å². The number of ether oxygens (including phenoxy) is 3. The fraction of sp³-hybridized carbons (Fsp3) is 0.571. The molecule has 6 atom stereocenters. The number of rotatable bonds is 6. The second-order valence-corrected chi connectivity index (χ2v) is 10.9. The highest BCUT2D eigenvalue weighted by Gasteiger charge is 2.55. The first-order chi connectivity index (χ1) is 17.3. The van der Waals surface area contributed by atoms with Crippen molar-refractivity contribution in [3.05, 3.63) is 69.7 Å². The van der Waals surface area contributed by atoms with E-state index in [1.54, 1.807) is 18.2 Å². The summed E-state index contributed by atoms with van der Waals surface area (Å²) in [6, 6.07) is 13.7. The lowest BCUT2D eigenvalue weighted by Crippen LogP contribution is -2.64. The molecule has 1 spiro atoms. The van der Waals surface area contributed by atoms with Crippen LogP contribution in [0.25, 0.3) is 0 Å². The summed E-state index contributed by atoms with van der Waals surface area (Å²) >= 11 is 6.53. The molecule has 2 saturated heterocycles. The molecule has 0 radical (unpaired) electrons. The van der Waals surface area contributed by atoms with E-state index in [0.717, 1.165) is 24.2 Å². The van der Waals surface area contributed by atoms with Gasteiger partial charge in [-0.15, -0.1) is 0 Å². The van der Waals surface area contributed by atoms with E-state index in [4.69, 9.17) is 25.8 Å². The highest BCUT2D eigenvalue weighted by molar-refractivity contribution is 6.31. The molecule has 0 aromatic heterocycles. The smallest absolute Gasteiger partial charge is 0.224 e. The van der Waals surface area contributed by atoms with Gasteiger partial charge in [0.25, 0.3) is 0 Å². The van der Waals surface area contributed by atoms with Gasteiger partial charge in [-0.3, -0.25) is 0 Å². The van der Waals surface area contributed by atoms with Crippen LogP contribution in [0.15, 0.2) is 42.5 Å². The first kappa shape index (κ1) is 26.1. The minimum atomic E-state index is -1.77. The van der Waals surface area contributed by atoms with E-state index >= 15 is 0 Å². The summed E-state index contributed by atoms with van der Waals surface area (Å²) in [7, 11) is 1.34. The first-order valence-electron chi connectivity index (χ1n) is 12.7. The Morgan fingerprint density at radius 1 is 1.03 bits per heavy atom. The van der Waals surface area contributed by atoms with Crippen molar-refractivity contribution >= 4 is 11.6 Å². The predicted octanol–water partition coefficient (Wildman–Crippen LogP) is 3.02. The second-order valence-electron chi connectivity index (χ2n) is 10.5. The van der Waals surface area contributed by atoms with Crippen molar-refractivity contribution in [3.8, 4) is 0 Å². The molecule has 1 aliphatic carbocycles. The number of aliphatic hydroxyl groups excluding tert-OH is 4. The van der Waals surface area contributed by atoms with Crippen molar-refractivity contribution in [2.45, 2.75) is 80.2 Å². The number of aliphatic hydroxyl groups is 4. The maximum atomic E-state index is 10.8. The molecule has 3 aliphatic rings. The van der Waals surface area contributed by atoms with Crippen LogP contribution >= 0.6 is 11.6 Å². The lowest BCUT2D eigenvalue weighted by Gasteiger charge is -2.47. The maximum absolute atomic E-state index is 10.8. The molecule has 2 heterocycles. The molecule has 36 heavy (non-hydrogen) atoms. The molecule has 8 heteroatoms. The molecule has 7 nitrogen and oxygen atoms in total. The van der Waals surface area contributed by atoms with Crippen LogP contribution in [0.3, 0.4) is 0 Å². The molecule has 1 saturated carbocycles. The average molecular weight is 519 g/mol. The van der Waals surface area contributed by atoms with Gasteiger partial charge < -0.3 is 34.6 Å². The van der Waals surface area contributed by atoms with Gasteiger partial charge in [0.2, 0.25) is 5.79 Å². The van der Waals surface area contributed by atoms with Crippen molar-refractivity contribution in [2.75, 3.05) is 20.3 Å². The Morgan fingerprint density at radius 2 is 1.75 bits per heavy atom. The van der Waals surface area contributed by atoms with Gasteiger partial charge in [-0.2, -0.15) is 0 Å². The summed E-state index contributed by atoms with van der Waals surface area (Å²) in [4.78, 5) is 0. The van der Waals surface area contributed by atoms with Gasteiger partial charge in [-0.1, -0.05) is 54.8 Å². The zero-order chi connectivity index (χ0) is 25.5. The fourth-order valence-corrected chi connectivity index (χ4v) is 6.33. The summed E-state index contributed by atoms with van der Waals surface area (Å²) in [5, 5.41) is 41.6. The highest BCUT2D eigenvalue weighted by atomic mass is 35.5. The standard InChI is InChI=1S/C28H35ClO7/c1-34-28(26(33)25(32)24(31)23(15-30)36-28)21-8-9-22(29)19(13-21)12-17-4-6-18(7-5-17)20-14-27(35-16-20)10-2-3-11-27/h4-9,13,20,23-26,30-33H,2-3,10-12,14-16H2,1H3. The van der Waals surface area contributed by atoms with Crippen LogP contribution in [0.1, 0.15) is 60.3 Å². The van der Waals surface area contributed by atoms with Crippen LogP contribution in [-0.2, 0) is 26.4 Å². The molecular formula is C28H35ClO7. The fourth-order valence-electron chi connectivity index (χ4n) is 6.15. The summed E-state index contributed by atoms with van der Waals surface area (Å²) < 4.78 is 17.6. The lowest BCUT2D eigenvalue weighted by atomic mass is 9.86. The third kappa shape index (κ3) is 4.61. The van der Waals surface area contributed by atoms with E-state index in [0.29, 0.717) is 22.9 Å². The summed E-state index contributed by atoms with van der Waals surface area (Å²) in [6.45, 7) is 0.236. The van der Waals surface area contributed by atoms with Crippen molar-refractivity contribution in [2.24, 2.45) is 0 Å². The van der Waals surface area contributed by atoms with Crippen molar-refractivity contribution < 1.29 is 34.6 Å². The summed E-state index contributed by atoms with van der Waals surface area (Å²) in [5.74, 6) is -1.34. The molecular weight excluding hydrogens is 484 g/mol. The Kier molecular flexibility index (Phi) is 7.47. The maximum Gasteiger partial charge on any atom is 0.224 e. The molecule has 2 aliphatic heterocycles. The number of halogens is 1. The van der Waals surface area contributed by atoms with Gasteiger partial charge in [0.05, 0.1) is 18.8 Å². The zero-order valence-electron chi connectivity index (χ0n) is 20.5. The van der Waals surface area contributed by atoms with E-state index in [-0.39, 0.29) is 5.60 Å². The first-order valence-corrected chi connectivity index (χ1v) is 13.1. The van der Waals surface area contributed by atoms with Crippen molar-refractivity contribution in [3.63, 3.8) is 0 Å². The monoisotopic (exact) mass is 518 g/mol. The molecule has 0 bridgehead atoms.